The first-order valence-corrected chi connectivity index (χ1v) is 9.45. The minimum absolute atomic E-state index is 0.175. The van der Waals surface area contributed by atoms with Gasteiger partial charge >= 0.3 is 6.09 Å². The maximum atomic E-state index is 12.5. The van der Waals surface area contributed by atoms with Gasteiger partial charge in [0.2, 0.25) is 0 Å². The molecule has 1 fully saturated rings. The normalized spacial score (nSPS) is 17.4. The third-order valence-corrected chi connectivity index (χ3v) is 5.26. The fourth-order valence-corrected chi connectivity index (χ4v) is 3.85. The third kappa shape index (κ3) is 3.44. The van der Waals surface area contributed by atoms with Gasteiger partial charge in [-0.1, -0.05) is 30.3 Å². The minimum atomic E-state index is -0.264. The van der Waals surface area contributed by atoms with Crippen molar-refractivity contribution in [2.75, 3.05) is 13.1 Å². The number of ether oxygens (including phenoxy) is 1. The highest BCUT2D eigenvalue weighted by atomic mass is 79.9. The first kappa shape index (κ1) is 17.0. The van der Waals surface area contributed by atoms with Crippen LogP contribution in [0.3, 0.4) is 0 Å². The second kappa shape index (κ2) is 7.45. The zero-order valence-electron chi connectivity index (χ0n) is 14.2. The molecular formula is C19H19BrN4O2. The molecule has 134 valence electrons. The SMILES string of the molecule is O=C(OCc1ccccc1)N1CCC[C@@H](c2nc(Br)c3cnccn23)C1. The average molecular weight is 415 g/mol. The largest absolute Gasteiger partial charge is 0.445 e. The number of hydrogen-bond acceptors (Lipinski definition) is 4. The molecule has 0 unspecified atom stereocenters. The third-order valence-electron chi connectivity index (χ3n) is 4.68. The van der Waals surface area contributed by atoms with Crippen LogP contribution in [0.4, 0.5) is 4.79 Å². The lowest BCUT2D eigenvalue weighted by Gasteiger charge is -2.31. The maximum absolute atomic E-state index is 12.5. The Balaban J connectivity index is 1.46. The molecule has 0 saturated carbocycles. The van der Waals surface area contributed by atoms with Crippen LogP contribution in [0.15, 0.2) is 53.5 Å². The maximum Gasteiger partial charge on any atom is 0.410 e. The molecule has 6 nitrogen and oxygen atoms in total. The standard InChI is InChI=1S/C19H19BrN4O2/c20-17-16-11-21-8-10-24(16)18(22-17)15-7-4-9-23(12-15)19(25)26-13-14-5-2-1-3-6-14/h1-3,5-6,8,10-11,15H,4,7,9,12-13H2/t15-/m1/s1. The molecule has 0 spiro atoms. The van der Waals surface area contributed by atoms with Crippen molar-refractivity contribution in [2.45, 2.75) is 25.4 Å². The number of imidazole rings is 1. The number of hydrogen-bond donors (Lipinski definition) is 0. The number of carbonyl (C=O) groups is 1. The van der Waals surface area contributed by atoms with Gasteiger partial charge in [0.15, 0.2) is 0 Å². The van der Waals surface area contributed by atoms with Crippen LogP contribution >= 0.6 is 15.9 Å². The highest BCUT2D eigenvalue weighted by Gasteiger charge is 2.29. The molecule has 2 aromatic heterocycles. The number of nitrogens with zero attached hydrogens (tertiary/aromatic N) is 4. The molecule has 1 amide bonds. The van der Waals surface area contributed by atoms with Crippen LogP contribution in [0.5, 0.6) is 0 Å². The summed E-state index contributed by atoms with van der Waals surface area (Å²) in [4.78, 5) is 23.1. The summed E-state index contributed by atoms with van der Waals surface area (Å²) in [5, 5.41) is 0. The van der Waals surface area contributed by atoms with Crippen LogP contribution < -0.4 is 0 Å². The van der Waals surface area contributed by atoms with Crippen LogP contribution in [0, 0.1) is 0 Å². The van der Waals surface area contributed by atoms with E-state index in [1.54, 1.807) is 17.3 Å². The van der Waals surface area contributed by atoms with Gasteiger partial charge in [0.05, 0.1) is 11.7 Å². The summed E-state index contributed by atoms with van der Waals surface area (Å²) >= 11 is 3.50. The zero-order valence-corrected chi connectivity index (χ0v) is 15.8. The van der Waals surface area contributed by atoms with Crippen LogP contribution in [0.25, 0.3) is 5.52 Å². The first-order chi connectivity index (χ1) is 12.7. The lowest BCUT2D eigenvalue weighted by atomic mass is 9.97. The fraction of sp³-hybridized carbons (Fsp3) is 0.316. The van der Waals surface area contributed by atoms with Gasteiger partial charge < -0.3 is 9.64 Å². The summed E-state index contributed by atoms with van der Waals surface area (Å²) in [6.45, 7) is 1.63. The summed E-state index contributed by atoms with van der Waals surface area (Å²) in [5.74, 6) is 1.13. The van der Waals surface area contributed by atoms with Crippen molar-refractivity contribution in [3.05, 3.63) is 64.9 Å². The van der Waals surface area contributed by atoms with E-state index in [4.69, 9.17) is 4.74 Å². The second-order valence-corrected chi connectivity index (χ2v) is 7.17. The van der Waals surface area contributed by atoms with Crippen molar-refractivity contribution in [3.63, 3.8) is 0 Å². The molecular weight excluding hydrogens is 396 g/mol. The van der Waals surface area contributed by atoms with Crippen LogP contribution in [-0.2, 0) is 11.3 Å². The highest BCUT2D eigenvalue weighted by Crippen LogP contribution is 2.29. The molecule has 0 bridgehead atoms. The van der Waals surface area contributed by atoms with E-state index < -0.39 is 0 Å². The molecule has 26 heavy (non-hydrogen) atoms. The van der Waals surface area contributed by atoms with Gasteiger partial charge in [-0.15, -0.1) is 0 Å². The van der Waals surface area contributed by atoms with E-state index >= 15 is 0 Å². The Morgan fingerprint density at radius 1 is 1.31 bits per heavy atom. The Hall–Kier alpha value is -2.41. The Labute approximate surface area is 159 Å². The molecule has 1 saturated heterocycles. The quantitative estimate of drug-likeness (QED) is 0.649. The minimum Gasteiger partial charge on any atom is -0.445 e. The monoisotopic (exact) mass is 414 g/mol. The Morgan fingerprint density at radius 3 is 3.00 bits per heavy atom. The van der Waals surface area contributed by atoms with E-state index in [9.17, 15) is 4.79 Å². The van der Waals surface area contributed by atoms with Crippen molar-refractivity contribution >= 4 is 27.5 Å². The predicted octanol–water partition coefficient (Wildman–Crippen LogP) is 4.01. The van der Waals surface area contributed by atoms with E-state index in [0.29, 0.717) is 13.2 Å². The van der Waals surface area contributed by atoms with Crippen molar-refractivity contribution in [3.8, 4) is 0 Å². The van der Waals surface area contributed by atoms with E-state index in [-0.39, 0.29) is 12.0 Å². The number of piperidine rings is 1. The number of carbonyl (C=O) groups excluding carboxylic acids is 1. The molecule has 1 atom stereocenters. The Kier molecular flexibility index (Phi) is 4.88. The second-order valence-electron chi connectivity index (χ2n) is 6.42. The average Bonchev–Trinajstić information content (AvgIpc) is 3.04. The van der Waals surface area contributed by atoms with E-state index in [0.717, 1.165) is 40.9 Å². The highest BCUT2D eigenvalue weighted by molar-refractivity contribution is 9.10. The smallest absolute Gasteiger partial charge is 0.410 e. The van der Waals surface area contributed by atoms with Crippen molar-refractivity contribution in [1.82, 2.24) is 19.3 Å². The van der Waals surface area contributed by atoms with Crippen LogP contribution in [-0.4, -0.2) is 38.5 Å². The van der Waals surface area contributed by atoms with Gasteiger partial charge in [-0.2, -0.15) is 0 Å². The fourth-order valence-electron chi connectivity index (χ4n) is 3.38. The number of halogens is 1. The molecule has 4 rings (SSSR count). The molecule has 0 N–H and O–H groups in total. The first-order valence-electron chi connectivity index (χ1n) is 8.65. The lowest BCUT2D eigenvalue weighted by Crippen LogP contribution is -2.39. The molecule has 1 aliphatic rings. The Morgan fingerprint density at radius 2 is 2.15 bits per heavy atom. The summed E-state index contributed by atoms with van der Waals surface area (Å²) in [5.41, 5.74) is 1.93. The number of likely N-dealkylation sites (tertiary alicyclic amines) is 1. The molecule has 3 heterocycles. The number of benzene rings is 1. The molecule has 3 aromatic rings. The molecule has 1 aliphatic heterocycles. The van der Waals surface area contributed by atoms with Gasteiger partial charge in [-0.3, -0.25) is 9.38 Å². The predicted molar refractivity (Wildman–Crippen MR) is 101 cm³/mol. The summed E-state index contributed by atoms with van der Waals surface area (Å²) in [6, 6.07) is 9.73. The number of rotatable bonds is 3. The zero-order chi connectivity index (χ0) is 17.9. The lowest BCUT2D eigenvalue weighted by molar-refractivity contribution is 0.0853. The number of fused-ring (bicyclic) bond motifs is 1. The Bertz CT molecular complexity index is 912. The summed E-state index contributed by atoms with van der Waals surface area (Å²) in [6.07, 6.45) is 7.11. The van der Waals surface area contributed by atoms with E-state index in [1.807, 2.05) is 40.9 Å². The van der Waals surface area contributed by atoms with E-state index in [1.165, 1.54) is 0 Å². The van der Waals surface area contributed by atoms with Gasteiger partial charge in [-0.25, -0.2) is 9.78 Å². The van der Waals surface area contributed by atoms with Gasteiger partial charge in [0.25, 0.3) is 0 Å². The summed E-state index contributed by atoms with van der Waals surface area (Å²) < 4.78 is 8.31. The molecule has 0 radical (unpaired) electrons. The van der Waals surface area contributed by atoms with Gasteiger partial charge in [-0.05, 0) is 34.3 Å². The van der Waals surface area contributed by atoms with Crippen molar-refractivity contribution in [2.24, 2.45) is 0 Å². The van der Waals surface area contributed by atoms with Crippen molar-refractivity contribution in [1.29, 1.82) is 0 Å². The van der Waals surface area contributed by atoms with Gasteiger partial charge in [0, 0.05) is 31.4 Å². The molecule has 1 aromatic carbocycles. The molecule has 7 heteroatoms. The number of aromatic nitrogens is 3. The topological polar surface area (TPSA) is 59.7 Å². The van der Waals surface area contributed by atoms with Crippen LogP contribution in [0.1, 0.15) is 30.1 Å². The van der Waals surface area contributed by atoms with Crippen LogP contribution in [0.2, 0.25) is 0 Å². The summed E-state index contributed by atoms with van der Waals surface area (Å²) in [7, 11) is 0. The number of amides is 1. The van der Waals surface area contributed by atoms with Gasteiger partial charge in [0.1, 0.15) is 17.0 Å². The van der Waals surface area contributed by atoms with E-state index in [2.05, 4.69) is 25.9 Å². The van der Waals surface area contributed by atoms with Crippen molar-refractivity contribution < 1.29 is 9.53 Å². The molecule has 0 aliphatic carbocycles.